The highest BCUT2D eigenvalue weighted by atomic mass is 19.1. The van der Waals surface area contributed by atoms with Crippen LogP contribution in [0, 0.1) is 24.1 Å². The first-order valence-corrected chi connectivity index (χ1v) is 7.28. The second-order valence-corrected chi connectivity index (χ2v) is 5.44. The highest BCUT2D eigenvalue weighted by molar-refractivity contribution is 5.94. The molecule has 1 unspecified atom stereocenters. The number of hydrogen-bond donors (Lipinski definition) is 1. The summed E-state index contributed by atoms with van der Waals surface area (Å²) in [5.74, 6) is 2.03. The fourth-order valence-electron chi connectivity index (χ4n) is 2.74. The minimum absolute atomic E-state index is 0.00117. The molecule has 21 heavy (non-hydrogen) atoms. The van der Waals surface area contributed by atoms with Crippen LogP contribution < -0.4 is 10.1 Å². The second-order valence-electron chi connectivity index (χ2n) is 5.44. The van der Waals surface area contributed by atoms with Crippen molar-refractivity contribution in [2.45, 2.75) is 38.6 Å². The van der Waals surface area contributed by atoms with Crippen LogP contribution in [-0.4, -0.2) is 18.6 Å². The monoisotopic (exact) mass is 289 g/mol. The third-order valence-corrected chi connectivity index (χ3v) is 3.97. The van der Waals surface area contributed by atoms with E-state index in [0.29, 0.717) is 11.5 Å². The Balaban J connectivity index is 1.99. The summed E-state index contributed by atoms with van der Waals surface area (Å²) in [7, 11) is 0. The van der Waals surface area contributed by atoms with E-state index in [0.717, 1.165) is 12.8 Å². The first-order valence-electron chi connectivity index (χ1n) is 7.28. The van der Waals surface area contributed by atoms with Crippen molar-refractivity contribution in [3.05, 3.63) is 29.6 Å². The maximum Gasteiger partial charge on any atom is 0.251 e. The average Bonchev–Trinajstić information content (AvgIpc) is 3.00. The van der Waals surface area contributed by atoms with Crippen molar-refractivity contribution in [2.24, 2.45) is 5.92 Å². The second kappa shape index (κ2) is 7.12. The van der Waals surface area contributed by atoms with Gasteiger partial charge in [0.05, 0.1) is 0 Å². The third kappa shape index (κ3) is 3.98. The van der Waals surface area contributed by atoms with E-state index in [-0.39, 0.29) is 24.3 Å². The number of carbonyl (C=O) groups is 1. The first-order chi connectivity index (χ1) is 10.1. The summed E-state index contributed by atoms with van der Waals surface area (Å²) >= 11 is 0. The number of rotatable bonds is 5. The number of terminal acetylenes is 1. The van der Waals surface area contributed by atoms with Crippen molar-refractivity contribution in [2.75, 3.05) is 6.61 Å². The zero-order chi connectivity index (χ0) is 15.2. The van der Waals surface area contributed by atoms with Crippen molar-refractivity contribution in [1.29, 1.82) is 0 Å². The number of amides is 1. The number of carbonyl (C=O) groups excluding carboxylic acids is 1. The lowest BCUT2D eigenvalue weighted by molar-refractivity contribution is 0.0926. The van der Waals surface area contributed by atoms with Gasteiger partial charge >= 0.3 is 0 Å². The van der Waals surface area contributed by atoms with Gasteiger partial charge in [-0.15, -0.1) is 6.42 Å². The summed E-state index contributed by atoms with van der Waals surface area (Å²) in [5, 5.41) is 2.95. The minimum atomic E-state index is -0.577. The van der Waals surface area contributed by atoms with Crippen LogP contribution in [0.4, 0.5) is 4.39 Å². The zero-order valence-corrected chi connectivity index (χ0v) is 12.2. The van der Waals surface area contributed by atoms with E-state index in [1.165, 1.54) is 25.0 Å². The normalized spacial score (nSPS) is 16.2. The molecule has 0 spiro atoms. The van der Waals surface area contributed by atoms with Crippen molar-refractivity contribution >= 4 is 5.91 Å². The Morgan fingerprint density at radius 1 is 1.52 bits per heavy atom. The molecule has 0 saturated heterocycles. The molecule has 0 heterocycles. The fourth-order valence-corrected chi connectivity index (χ4v) is 2.74. The molecule has 1 aromatic carbocycles. The molecule has 1 N–H and O–H groups in total. The molecular formula is C17H20FNO2. The molecule has 112 valence electrons. The van der Waals surface area contributed by atoms with Crippen LogP contribution in [0.1, 0.15) is 43.0 Å². The first kappa shape index (κ1) is 15.4. The number of benzene rings is 1. The topological polar surface area (TPSA) is 38.3 Å². The molecule has 0 radical (unpaired) electrons. The molecule has 1 fully saturated rings. The summed E-state index contributed by atoms with van der Waals surface area (Å²) in [4.78, 5) is 12.1. The Hall–Kier alpha value is -2.02. The van der Waals surface area contributed by atoms with Crippen LogP contribution in [-0.2, 0) is 0 Å². The highest BCUT2D eigenvalue weighted by Crippen LogP contribution is 2.27. The van der Waals surface area contributed by atoms with Crippen LogP contribution in [0.25, 0.3) is 0 Å². The average molecular weight is 289 g/mol. The molecule has 1 aliphatic carbocycles. The molecule has 3 nitrogen and oxygen atoms in total. The third-order valence-electron chi connectivity index (χ3n) is 3.97. The number of nitrogens with one attached hydrogen (secondary N) is 1. The summed E-state index contributed by atoms with van der Waals surface area (Å²) in [5.41, 5.74) is 0.297. The highest BCUT2D eigenvalue weighted by Gasteiger charge is 2.23. The van der Waals surface area contributed by atoms with E-state index in [1.807, 2.05) is 6.92 Å². The van der Waals surface area contributed by atoms with Gasteiger partial charge in [-0.25, -0.2) is 4.39 Å². The van der Waals surface area contributed by atoms with Gasteiger partial charge < -0.3 is 10.1 Å². The standard InChI is InChI=1S/C17H20FNO2/c1-3-10-21-16-9-8-14(11-15(16)18)17(20)19-12(2)13-6-4-5-7-13/h1,8-9,11-13H,4-7,10H2,2H3,(H,19,20). The molecule has 2 rings (SSSR count). The molecule has 0 bridgehead atoms. The lowest BCUT2D eigenvalue weighted by atomic mass is 9.99. The van der Waals surface area contributed by atoms with Gasteiger partial charge in [0.25, 0.3) is 5.91 Å². The number of ether oxygens (including phenoxy) is 1. The zero-order valence-electron chi connectivity index (χ0n) is 12.2. The van der Waals surface area contributed by atoms with E-state index < -0.39 is 5.82 Å². The molecule has 1 saturated carbocycles. The fraction of sp³-hybridized carbons (Fsp3) is 0.471. The molecule has 1 aromatic rings. The Kier molecular flexibility index (Phi) is 5.21. The summed E-state index contributed by atoms with van der Waals surface area (Å²) in [6.07, 6.45) is 9.80. The number of hydrogen-bond acceptors (Lipinski definition) is 2. The van der Waals surface area contributed by atoms with Crippen molar-refractivity contribution < 1.29 is 13.9 Å². The summed E-state index contributed by atoms with van der Waals surface area (Å²) < 4.78 is 18.8. The molecule has 4 heteroatoms. The molecule has 0 aromatic heterocycles. The molecule has 1 atom stereocenters. The molecule has 0 aliphatic heterocycles. The molecule has 1 amide bonds. The summed E-state index contributed by atoms with van der Waals surface area (Å²) in [6.45, 7) is 2.01. The van der Waals surface area contributed by atoms with Crippen molar-refractivity contribution in [3.8, 4) is 18.1 Å². The minimum Gasteiger partial charge on any atom is -0.478 e. The largest absolute Gasteiger partial charge is 0.478 e. The van der Waals surface area contributed by atoms with E-state index >= 15 is 0 Å². The van der Waals surface area contributed by atoms with E-state index in [2.05, 4.69) is 11.2 Å². The SMILES string of the molecule is C#CCOc1ccc(C(=O)NC(C)C2CCCC2)cc1F. The van der Waals surface area contributed by atoms with Gasteiger partial charge in [-0.1, -0.05) is 18.8 Å². The smallest absolute Gasteiger partial charge is 0.251 e. The Labute approximate surface area is 124 Å². The van der Waals surface area contributed by atoms with Gasteiger partial charge in [-0.05, 0) is 43.9 Å². The van der Waals surface area contributed by atoms with Gasteiger partial charge in [0.1, 0.15) is 6.61 Å². The molecular weight excluding hydrogens is 269 g/mol. The van der Waals surface area contributed by atoms with Gasteiger partial charge in [0.15, 0.2) is 11.6 Å². The number of halogens is 1. The Bertz CT molecular complexity index is 544. The van der Waals surface area contributed by atoms with Crippen LogP contribution in [0.5, 0.6) is 5.75 Å². The maximum absolute atomic E-state index is 13.8. The van der Waals surface area contributed by atoms with Gasteiger partial charge in [-0.3, -0.25) is 4.79 Å². The lowest BCUT2D eigenvalue weighted by Crippen LogP contribution is -2.37. The van der Waals surface area contributed by atoms with Gasteiger partial charge in [0.2, 0.25) is 0 Å². The maximum atomic E-state index is 13.8. The van der Waals surface area contributed by atoms with E-state index in [9.17, 15) is 9.18 Å². The van der Waals surface area contributed by atoms with E-state index in [4.69, 9.17) is 11.2 Å². The van der Waals surface area contributed by atoms with Crippen molar-refractivity contribution in [3.63, 3.8) is 0 Å². The lowest BCUT2D eigenvalue weighted by Gasteiger charge is -2.20. The van der Waals surface area contributed by atoms with Crippen LogP contribution in [0.15, 0.2) is 18.2 Å². The van der Waals surface area contributed by atoms with Crippen LogP contribution in [0.3, 0.4) is 0 Å². The predicted molar refractivity (Wildman–Crippen MR) is 79.6 cm³/mol. The van der Waals surface area contributed by atoms with Crippen LogP contribution in [0.2, 0.25) is 0 Å². The molecule has 1 aliphatic rings. The van der Waals surface area contributed by atoms with Gasteiger partial charge in [0, 0.05) is 11.6 Å². The quantitative estimate of drug-likeness (QED) is 0.846. The van der Waals surface area contributed by atoms with Gasteiger partial charge in [-0.2, -0.15) is 0 Å². The Morgan fingerprint density at radius 3 is 2.86 bits per heavy atom. The summed E-state index contributed by atoms with van der Waals surface area (Å²) in [6, 6.07) is 4.27. The van der Waals surface area contributed by atoms with Crippen LogP contribution >= 0.6 is 0 Å². The predicted octanol–water partition coefficient (Wildman–Crippen LogP) is 3.15. The van der Waals surface area contributed by atoms with E-state index in [1.54, 1.807) is 6.07 Å². The Morgan fingerprint density at radius 2 is 2.24 bits per heavy atom. The van der Waals surface area contributed by atoms with Crippen molar-refractivity contribution in [1.82, 2.24) is 5.32 Å².